The SMILES string of the molecule is O=C(O)CCCN(C(=O)[C@H]1CCCCN1)c1ccccc1. The monoisotopic (exact) mass is 290 g/mol. The smallest absolute Gasteiger partial charge is 0.303 e. The molecule has 0 bridgehead atoms. The Kier molecular flexibility index (Phi) is 5.75. The van der Waals surface area contributed by atoms with E-state index in [0.717, 1.165) is 31.5 Å². The van der Waals surface area contributed by atoms with Crippen molar-refractivity contribution in [2.45, 2.75) is 38.1 Å². The van der Waals surface area contributed by atoms with Crippen molar-refractivity contribution in [3.8, 4) is 0 Å². The van der Waals surface area contributed by atoms with Gasteiger partial charge < -0.3 is 15.3 Å². The minimum atomic E-state index is -0.828. The first-order chi connectivity index (χ1) is 10.2. The van der Waals surface area contributed by atoms with Gasteiger partial charge in [0.15, 0.2) is 0 Å². The number of nitrogens with zero attached hydrogens (tertiary/aromatic N) is 1. The molecule has 5 nitrogen and oxygen atoms in total. The van der Waals surface area contributed by atoms with Gasteiger partial charge in [-0.05, 0) is 37.9 Å². The molecule has 1 aliphatic rings. The van der Waals surface area contributed by atoms with Gasteiger partial charge in [0.1, 0.15) is 0 Å². The number of carbonyl (C=O) groups is 2. The zero-order valence-electron chi connectivity index (χ0n) is 12.1. The topological polar surface area (TPSA) is 69.6 Å². The first kappa shape index (κ1) is 15.5. The second-order valence-electron chi connectivity index (χ2n) is 5.33. The van der Waals surface area contributed by atoms with Crippen LogP contribution in [0.25, 0.3) is 0 Å². The molecule has 0 spiro atoms. The Hall–Kier alpha value is -1.88. The zero-order valence-corrected chi connectivity index (χ0v) is 12.1. The van der Waals surface area contributed by atoms with E-state index in [0.29, 0.717) is 13.0 Å². The highest BCUT2D eigenvalue weighted by atomic mass is 16.4. The van der Waals surface area contributed by atoms with E-state index >= 15 is 0 Å². The number of hydrogen-bond acceptors (Lipinski definition) is 3. The number of carbonyl (C=O) groups excluding carboxylic acids is 1. The molecule has 0 aliphatic carbocycles. The van der Waals surface area contributed by atoms with Gasteiger partial charge >= 0.3 is 5.97 Å². The van der Waals surface area contributed by atoms with E-state index in [4.69, 9.17) is 5.11 Å². The summed E-state index contributed by atoms with van der Waals surface area (Å²) in [6, 6.07) is 9.32. The summed E-state index contributed by atoms with van der Waals surface area (Å²) < 4.78 is 0. The van der Waals surface area contributed by atoms with Gasteiger partial charge in [0.25, 0.3) is 0 Å². The standard InChI is InChI=1S/C16H22N2O3/c19-15(20)10-6-12-18(13-7-2-1-3-8-13)16(21)14-9-4-5-11-17-14/h1-3,7-8,14,17H,4-6,9-12H2,(H,19,20)/t14-/m1/s1. The second-order valence-corrected chi connectivity index (χ2v) is 5.33. The number of amides is 1. The third-order valence-electron chi connectivity index (χ3n) is 3.71. The maximum absolute atomic E-state index is 12.7. The number of rotatable bonds is 6. The highest BCUT2D eigenvalue weighted by Gasteiger charge is 2.26. The number of hydrogen-bond donors (Lipinski definition) is 2. The summed E-state index contributed by atoms with van der Waals surface area (Å²) in [6.45, 7) is 1.31. The van der Waals surface area contributed by atoms with Gasteiger partial charge in [-0.1, -0.05) is 24.6 Å². The van der Waals surface area contributed by atoms with Crippen LogP contribution in [0.2, 0.25) is 0 Å². The summed E-state index contributed by atoms with van der Waals surface area (Å²) >= 11 is 0. The van der Waals surface area contributed by atoms with Crippen molar-refractivity contribution in [2.24, 2.45) is 0 Å². The number of para-hydroxylation sites is 1. The van der Waals surface area contributed by atoms with Crippen molar-refractivity contribution in [2.75, 3.05) is 18.0 Å². The van der Waals surface area contributed by atoms with E-state index < -0.39 is 5.97 Å². The molecule has 1 fully saturated rings. The second kappa shape index (κ2) is 7.78. The Balaban J connectivity index is 2.06. The fraction of sp³-hybridized carbons (Fsp3) is 0.500. The van der Waals surface area contributed by atoms with Crippen LogP contribution in [-0.4, -0.2) is 36.1 Å². The molecule has 2 N–H and O–H groups in total. The maximum Gasteiger partial charge on any atom is 0.303 e. The highest BCUT2D eigenvalue weighted by molar-refractivity contribution is 5.97. The molecule has 1 aromatic rings. The van der Waals surface area contributed by atoms with Crippen LogP contribution in [-0.2, 0) is 9.59 Å². The first-order valence-electron chi connectivity index (χ1n) is 7.50. The number of carboxylic acids is 1. The fourth-order valence-electron chi connectivity index (χ4n) is 2.61. The predicted octanol–water partition coefficient (Wildman–Crippen LogP) is 2.03. The van der Waals surface area contributed by atoms with E-state index in [1.807, 2.05) is 30.3 Å². The molecule has 1 amide bonds. The van der Waals surface area contributed by atoms with E-state index in [1.54, 1.807) is 4.90 Å². The van der Waals surface area contributed by atoms with Crippen molar-refractivity contribution in [1.82, 2.24) is 5.32 Å². The van der Waals surface area contributed by atoms with Crippen molar-refractivity contribution in [1.29, 1.82) is 0 Å². The normalized spacial score (nSPS) is 18.2. The molecule has 1 aromatic carbocycles. The third kappa shape index (κ3) is 4.56. The lowest BCUT2D eigenvalue weighted by Gasteiger charge is -2.30. The lowest BCUT2D eigenvalue weighted by molar-refractivity contribution is -0.137. The average Bonchev–Trinajstić information content (AvgIpc) is 2.52. The van der Waals surface area contributed by atoms with Crippen molar-refractivity contribution in [3.63, 3.8) is 0 Å². The molecular weight excluding hydrogens is 268 g/mol. The molecule has 21 heavy (non-hydrogen) atoms. The van der Waals surface area contributed by atoms with Crippen LogP contribution in [0, 0.1) is 0 Å². The van der Waals surface area contributed by atoms with Crippen LogP contribution in [0.3, 0.4) is 0 Å². The van der Waals surface area contributed by atoms with Gasteiger partial charge in [0.05, 0.1) is 6.04 Å². The maximum atomic E-state index is 12.7. The van der Waals surface area contributed by atoms with E-state index in [9.17, 15) is 9.59 Å². The summed E-state index contributed by atoms with van der Waals surface area (Å²) in [5.74, 6) is -0.780. The van der Waals surface area contributed by atoms with Gasteiger partial charge in [0, 0.05) is 18.7 Å². The predicted molar refractivity (Wildman–Crippen MR) is 81.3 cm³/mol. The molecule has 1 atom stereocenters. The molecule has 1 saturated heterocycles. The minimum Gasteiger partial charge on any atom is -0.481 e. The van der Waals surface area contributed by atoms with Gasteiger partial charge in [-0.15, -0.1) is 0 Å². The Morgan fingerprint density at radius 2 is 2.00 bits per heavy atom. The summed E-state index contributed by atoms with van der Waals surface area (Å²) in [5.41, 5.74) is 0.834. The van der Waals surface area contributed by atoms with Gasteiger partial charge in [0.2, 0.25) is 5.91 Å². The Labute approximate surface area is 125 Å². The third-order valence-corrected chi connectivity index (χ3v) is 3.71. The molecule has 0 saturated carbocycles. The van der Waals surface area contributed by atoms with Crippen LogP contribution in [0.15, 0.2) is 30.3 Å². The summed E-state index contributed by atoms with van der Waals surface area (Å²) in [4.78, 5) is 25.1. The van der Waals surface area contributed by atoms with Gasteiger partial charge in [-0.25, -0.2) is 0 Å². The van der Waals surface area contributed by atoms with Gasteiger partial charge in [-0.3, -0.25) is 9.59 Å². The number of carboxylic acid groups (broad SMARTS) is 1. The largest absolute Gasteiger partial charge is 0.481 e. The quantitative estimate of drug-likeness (QED) is 0.841. The number of aliphatic carboxylic acids is 1. The van der Waals surface area contributed by atoms with Crippen molar-refractivity contribution >= 4 is 17.6 Å². The van der Waals surface area contributed by atoms with Crippen LogP contribution in [0.4, 0.5) is 5.69 Å². The van der Waals surface area contributed by atoms with Crippen LogP contribution >= 0.6 is 0 Å². The minimum absolute atomic E-state index is 0.0475. The fourth-order valence-corrected chi connectivity index (χ4v) is 2.61. The van der Waals surface area contributed by atoms with Crippen molar-refractivity contribution < 1.29 is 14.7 Å². The molecule has 0 unspecified atom stereocenters. The molecule has 5 heteroatoms. The molecular formula is C16H22N2O3. The highest BCUT2D eigenvalue weighted by Crippen LogP contribution is 2.18. The number of nitrogens with one attached hydrogen (secondary N) is 1. The summed E-state index contributed by atoms with van der Waals surface area (Å²) in [5, 5.41) is 12.0. The summed E-state index contributed by atoms with van der Waals surface area (Å²) in [6.07, 6.45) is 3.55. The number of piperidine rings is 1. The average molecular weight is 290 g/mol. The molecule has 0 radical (unpaired) electrons. The molecule has 1 heterocycles. The zero-order chi connectivity index (χ0) is 15.1. The van der Waals surface area contributed by atoms with Crippen LogP contribution in [0.1, 0.15) is 32.1 Å². The first-order valence-corrected chi connectivity index (χ1v) is 7.50. The van der Waals surface area contributed by atoms with E-state index in [-0.39, 0.29) is 18.4 Å². The lowest BCUT2D eigenvalue weighted by atomic mass is 10.0. The van der Waals surface area contributed by atoms with E-state index in [1.165, 1.54) is 0 Å². The summed E-state index contributed by atoms with van der Waals surface area (Å²) in [7, 11) is 0. The van der Waals surface area contributed by atoms with Crippen molar-refractivity contribution in [3.05, 3.63) is 30.3 Å². The molecule has 0 aromatic heterocycles. The molecule has 1 aliphatic heterocycles. The van der Waals surface area contributed by atoms with E-state index in [2.05, 4.69) is 5.32 Å². The van der Waals surface area contributed by atoms with Gasteiger partial charge in [-0.2, -0.15) is 0 Å². The number of benzene rings is 1. The Morgan fingerprint density at radius 1 is 1.24 bits per heavy atom. The lowest BCUT2D eigenvalue weighted by Crippen LogP contribution is -2.49. The Bertz CT molecular complexity index is 470. The molecule has 2 rings (SSSR count). The Morgan fingerprint density at radius 3 is 2.62 bits per heavy atom. The number of anilines is 1. The van der Waals surface area contributed by atoms with Crippen LogP contribution < -0.4 is 10.2 Å². The van der Waals surface area contributed by atoms with Crippen LogP contribution in [0.5, 0.6) is 0 Å². The molecule has 114 valence electrons.